The monoisotopic (exact) mass is 405 g/mol. The van der Waals surface area contributed by atoms with E-state index >= 15 is 0 Å². The SMILES string of the molecule is Cc1ccc2c3c(cccc13)[Si](C)(N(C)C)C(c1ccccc1)=C2c1ccccc1. The molecule has 0 amide bonds. The number of nitrogens with zero attached hydrogens (tertiary/aromatic N) is 1. The third-order valence-corrected chi connectivity index (χ3v) is 11.6. The van der Waals surface area contributed by atoms with E-state index in [1.54, 1.807) is 0 Å². The molecule has 1 atom stereocenters. The van der Waals surface area contributed by atoms with Crippen LogP contribution in [0.4, 0.5) is 0 Å². The molecule has 30 heavy (non-hydrogen) atoms. The maximum Gasteiger partial charge on any atom is 0.190 e. The summed E-state index contributed by atoms with van der Waals surface area (Å²) in [4.78, 5) is 0. The maximum absolute atomic E-state index is 2.51. The molecule has 0 radical (unpaired) electrons. The van der Waals surface area contributed by atoms with Crippen LogP contribution in [0.1, 0.15) is 22.3 Å². The number of aryl methyl sites for hydroxylation is 1. The van der Waals surface area contributed by atoms with Gasteiger partial charge >= 0.3 is 0 Å². The number of hydrogen-bond donors (Lipinski definition) is 0. The van der Waals surface area contributed by atoms with E-state index in [4.69, 9.17) is 0 Å². The van der Waals surface area contributed by atoms with Crippen LogP contribution in [0.5, 0.6) is 0 Å². The van der Waals surface area contributed by atoms with Gasteiger partial charge in [-0.05, 0) is 76.5 Å². The second-order valence-electron chi connectivity index (χ2n) is 8.61. The van der Waals surface area contributed by atoms with Crippen molar-refractivity contribution in [3.63, 3.8) is 0 Å². The zero-order valence-corrected chi connectivity index (χ0v) is 19.1. The van der Waals surface area contributed by atoms with E-state index in [-0.39, 0.29) is 0 Å². The summed E-state index contributed by atoms with van der Waals surface area (Å²) in [5.74, 6) is 0. The third kappa shape index (κ3) is 2.64. The van der Waals surface area contributed by atoms with E-state index in [0.717, 1.165) is 0 Å². The summed E-state index contributed by atoms with van der Waals surface area (Å²) in [5, 5.41) is 5.84. The Kier molecular flexibility index (Phi) is 4.50. The van der Waals surface area contributed by atoms with Crippen molar-refractivity contribution in [3.8, 4) is 0 Å². The van der Waals surface area contributed by atoms with Gasteiger partial charge in [-0.3, -0.25) is 0 Å². The normalized spacial score (nSPS) is 18.3. The Morgan fingerprint density at radius 1 is 0.667 bits per heavy atom. The molecule has 0 spiro atoms. The Morgan fingerprint density at radius 2 is 1.30 bits per heavy atom. The second kappa shape index (κ2) is 7.08. The first kappa shape index (κ1) is 19.0. The molecule has 0 bridgehead atoms. The molecule has 2 heteroatoms. The molecule has 1 heterocycles. The summed E-state index contributed by atoms with van der Waals surface area (Å²) in [6.07, 6.45) is 0. The molecule has 4 aromatic carbocycles. The van der Waals surface area contributed by atoms with E-state index in [0.29, 0.717) is 0 Å². The molecule has 1 aliphatic rings. The quantitative estimate of drug-likeness (QED) is 0.378. The van der Waals surface area contributed by atoms with E-state index in [1.807, 2.05) is 0 Å². The Labute approximate surface area is 180 Å². The molecule has 1 aliphatic heterocycles. The van der Waals surface area contributed by atoms with Crippen molar-refractivity contribution in [2.24, 2.45) is 0 Å². The molecule has 0 fully saturated rings. The lowest BCUT2D eigenvalue weighted by molar-refractivity contribution is 0.640. The smallest absolute Gasteiger partial charge is 0.190 e. The average Bonchev–Trinajstić information content (AvgIpc) is 2.78. The first-order valence-electron chi connectivity index (χ1n) is 10.6. The molecule has 0 aromatic heterocycles. The largest absolute Gasteiger partial charge is 0.322 e. The number of rotatable bonds is 3. The van der Waals surface area contributed by atoms with Crippen molar-refractivity contribution >= 4 is 35.0 Å². The minimum atomic E-state index is -2.19. The molecule has 1 nitrogen and oxygen atoms in total. The van der Waals surface area contributed by atoms with Gasteiger partial charge in [0.05, 0.1) is 0 Å². The van der Waals surface area contributed by atoms with E-state index in [2.05, 4.69) is 123 Å². The first-order chi connectivity index (χ1) is 14.5. The lowest BCUT2D eigenvalue weighted by Gasteiger charge is -2.43. The molecule has 0 N–H and O–H groups in total. The van der Waals surface area contributed by atoms with Crippen LogP contribution in [0, 0.1) is 6.92 Å². The van der Waals surface area contributed by atoms with Crippen molar-refractivity contribution in [2.45, 2.75) is 13.5 Å². The Balaban J connectivity index is 2.03. The molecule has 0 saturated heterocycles. The van der Waals surface area contributed by atoms with Crippen molar-refractivity contribution in [2.75, 3.05) is 14.1 Å². The summed E-state index contributed by atoms with van der Waals surface area (Å²) >= 11 is 0. The fraction of sp³-hybridized carbons (Fsp3) is 0.143. The average molecular weight is 406 g/mol. The summed E-state index contributed by atoms with van der Waals surface area (Å²) < 4.78 is 2.51. The summed E-state index contributed by atoms with van der Waals surface area (Å²) in [5.41, 5.74) is 6.75. The van der Waals surface area contributed by atoms with Gasteiger partial charge in [-0.1, -0.05) is 91.0 Å². The topological polar surface area (TPSA) is 3.24 Å². The molecule has 4 aromatic rings. The summed E-state index contributed by atoms with van der Waals surface area (Å²) in [6, 6.07) is 33.5. The molecule has 1 unspecified atom stereocenters. The third-order valence-electron chi connectivity index (χ3n) is 6.81. The van der Waals surface area contributed by atoms with E-state index in [9.17, 15) is 0 Å². The highest BCUT2D eigenvalue weighted by atomic mass is 28.3. The Morgan fingerprint density at radius 3 is 1.93 bits per heavy atom. The summed E-state index contributed by atoms with van der Waals surface area (Å²) in [6.45, 7) is 4.74. The molecule has 0 saturated carbocycles. The van der Waals surface area contributed by atoms with Crippen LogP contribution in [-0.4, -0.2) is 26.9 Å². The van der Waals surface area contributed by atoms with Crippen LogP contribution >= 0.6 is 0 Å². The predicted molar refractivity (Wildman–Crippen MR) is 132 cm³/mol. The zero-order valence-electron chi connectivity index (χ0n) is 18.1. The first-order valence-corrected chi connectivity index (χ1v) is 13.0. The number of hydrogen-bond acceptors (Lipinski definition) is 1. The van der Waals surface area contributed by atoms with Crippen LogP contribution in [0.3, 0.4) is 0 Å². The summed E-state index contributed by atoms with van der Waals surface area (Å²) in [7, 11) is 2.33. The van der Waals surface area contributed by atoms with Crippen LogP contribution < -0.4 is 5.19 Å². The Bertz CT molecular complexity index is 1270. The van der Waals surface area contributed by atoms with E-state index in [1.165, 1.54) is 49.0 Å². The van der Waals surface area contributed by atoms with Gasteiger partial charge < -0.3 is 4.57 Å². The van der Waals surface area contributed by atoms with Crippen molar-refractivity contribution in [1.82, 2.24) is 4.57 Å². The van der Waals surface area contributed by atoms with E-state index < -0.39 is 8.24 Å². The fourth-order valence-electron chi connectivity index (χ4n) is 5.08. The van der Waals surface area contributed by atoms with Gasteiger partial charge in [-0.15, -0.1) is 0 Å². The van der Waals surface area contributed by atoms with Crippen molar-refractivity contribution in [3.05, 3.63) is 113 Å². The van der Waals surface area contributed by atoms with Gasteiger partial charge in [0.15, 0.2) is 8.24 Å². The van der Waals surface area contributed by atoms with Crippen LogP contribution in [0.15, 0.2) is 91.0 Å². The van der Waals surface area contributed by atoms with Gasteiger partial charge in [0, 0.05) is 0 Å². The van der Waals surface area contributed by atoms with Crippen LogP contribution in [-0.2, 0) is 0 Å². The van der Waals surface area contributed by atoms with Crippen molar-refractivity contribution < 1.29 is 0 Å². The van der Waals surface area contributed by atoms with Crippen LogP contribution in [0.25, 0.3) is 21.5 Å². The highest BCUT2D eigenvalue weighted by Gasteiger charge is 2.44. The highest BCUT2D eigenvalue weighted by molar-refractivity contribution is 7.06. The fourth-order valence-corrected chi connectivity index (χ4v) is 8.95. The maximum atomic E-state index is 2.51. The standard InChI is InChI=1S/C28H27NSi/c1-20-18-19-24-26(21-12-7-5-8-13-21)28(22-14-9-6-10-15-22)30(4,29(2)3)25-17-11-16-23(20)27(24)25/h5-19H,1-4H3. The highest BCUT2D eigenvalue weighted by Crippen LogP contribution is 2.45. The van der Waals surface area contributed by atoms with Crippen LogP contribution in [0.2, 0.25) is 6.55 Å². The zero-order chi connectivity index (χ0) is 20.9. The van der Waals surface area contributed by atoms with Gasteiger partial charge in [-0.25, -0.2) is 0 Å². The molecule has 5 rings (SSSR count). The van der Waals surface area contributed by atoms with Gasteiger partial charge in [-0.2, -0.15) is 0 Å². The lowest BCUT2D eigenvalue weighted by atomic mass is 9.89. The Hall–Kier alpha value is -2.94. The second-order valence-corrected chi connectivity index (χ2v) is 12.7. The molecular weight excluding hydrogens is 378 g/mol. The molecule has 0 aliphatic carbocycles. The molecular formula is C28H27NSi. The van der Waals surface area contributed by atoms with Gasteiger partial charge in [0.25, 0.3) is 0 Å². The minimum absolute atomic E-state index is 1.30. The minimum Gasteiger partial charge on any atom is -0.322 e. The van der Waals surface area contributed by atoms with Gasteiger partial charge in [0.2, 0.25) is 0 Å². The predicted octanol–water partition coefficient (Wildman–Crippen LogP) is 6.00. The number of benzene rings is 4. The van der Waals surface area contributed by atoms with Gasteiger partial charge in [0.1, 0.15) is 0 Å². The lowest BCUT2D eigenvalue weighted by Crippen LogP contribution is -2.60. The molecule has 148 valence electrons. The van der Waals surface area contributed by atoms with Crippen molar-refractivity contribution in [1.29, 1.82) is 0 Å².